The predicted molar refractivity (Wildman–Crippen MR) is 138 cm³/mol. The number of amides is 4. The average Bonchev–Trinajstić information content (AvgIpc) is 3.59. The number of carbonyl (C=O) groups excluding carboxylic acids is 4. The number of fused-ring (bicyclic) bond motifs is 2. The molecule has 0 radical (unpaired) electrons. The fourth-order valence-corrected chi connectivity index (χ4v) is 5.88. The number of hydrogen-bond donors (Lipinski definition) is 2. The molecule has 2 aromatic carbocycles. The van der Waals surface area contributed by atoms with Gasteiger partial charge in [0.15, 0.2) is 0 Å². The third-order valence-electron chi connectivity index (χ3n) is 7.68. The van der Waals surface area contributed by atoms with Crippen molar-refractivity contribution in [2.45, 2.75) is 69.1 Å². The first-order valence-corrected chi connectivity index (χ1v) is 13.3. The van der Waals surface area contributed by atoms with Gasteiger partial charge < -0.3 is 20.4 Å². The molecule has 0 saturated carbocycles. The molecule has 0 aromatic heterocycles. The van der Waals surface area contributed by atoms with Crippen molar-refractivity contribution < 1.29 is 19.2 Å². The van der Waals surface area contributed by atoms with Gasteiger partial charge in [0.1, 0.15) is 18.1 Å². The Balaban J connectivity index is 1.46. The summed E-state index contributed by atoms with van der Waals surface area (Å²) in [5.74, 6) is -0.912. The van der Waals surface area contributed by atoms with Crippen molar-refractivity contribution in [2.24, 2.45) is 0 Å². The van der Waals surface area contributed by atoms with Crippen LogP contribution >= 0.6 is 0 Å². The molecule has 37 heavy (non-hydrogen) atoms. The minimum atomic E-state index is -0.786. The van der Waals surface area contributed by atoms with Crippen molar-refractivity contribution in [3.05, 3.63) is 71.8 Å². The van der Waals surface area contributed by atoms with E-state index >= 15 is 0 Å². The molecule has 5 rings (SSSR count). The van der Waals surface area contributed by atoms with Crippen LogP contribution < -0.4 is 10.6 Å². The van der Waals surface area contributed by atoms with Gasteiger partial charge in [-0.05, 0) is 43.2 Å². The maximum absolute atomic E-state index is 13.8. The summed E-state index contributed by atoms with van der Waals surface area (Å²) in [6.45, 7) is 0.973. The maximum Gasteiger partial charge on any atom is 0.246 e. The van der Waals surface area contributed by atoms with E-state index < -0.39 is 24.2 Å². The van der Waals surface area contributed by atoms with E-state index in [9.17, 15) is 19.2 Å². The Labute approximate surface area is 217 Å². The minimum absolute atomic E-state index is 0.0449. The van der Waals surface area contributed by atoms with Gasteiger partial charge in [-0.3, -0.25) is 19.2 Å². The molecule has 3 aliphatic heterocycles. The third-order valence-corrected chi connectivity index (χ3v) is 7.68. The molecule has 194 valence electrons. The first-order valence-electron chi connectivity index (χ1n) is 13.3. The highest BCUT2D eigenvalue weighted by atomic mass is 16.2. The van der Waals surface area contributed by atoms with E-state index in [1.165, 1.54) is 0 Å². The summed E-state index contributed by atoms with van der Waals surface area (Å²) in [4.78, 5) is 57.5. The average molecular weight is 503 g/mol. The monoisotopic (exact) mass is 502 g/mol. The van der Waals surface area contributed by atoms with E-state index in [-0.39, 0.29) is 30.0 Å². The van der Waals surface area contributed by atoms with Crippen molar-refractivity contribution in [1.82, 2.24) is 20.4 Å². The molecular formula is C29H34N4O4. The Morgan fingerprint density at radius 2 is 1.24 bits per heavy atom. The van der Waals surface area contributed by atoms with Gasteiger partial charge in [-0.25, -0.2) is 0 Å². The molecule has 3 fully saturated rings. The summed E-state index contributed by atoms with van der Waals surface area (Å²) in [6, 6.07) is 16.9. The first-order chi connectivity index (χ1) is 18.0. The van der Waals surface area contributed by atoms with Crippen molar-refractivity contribution in [3.8, 4) is 0 Å². The molecule has 0 bridgehead atoms. The largest absolute Gasteiger partial charge is 0.351 e. The molecule has 0 spiro atoms. The van der Waals surface area contributed by atoms with E-state index in [1.54, 1.807) is 9.80 Å². The Kier molecular flexibility index (Phi) is 7.53. The first kappa shape index (κ1) is 25.0. The van der Waals surface area contributed by atoms with Crippen LogP contribution in [0.25, 0.3) is 0 Å². The maximum atomic E-state index is 13.8. The molecule has 2 N–H and O–H groups in total. The van der Waals surface area contributed by atoms with E-state index in [1.807, 2.05) is 60.7 Å². The van der Waals surface area contributed by atoms with Gasteiger partial charge >= 0.3 is 0 Å². The number of hydrogen-bond acceptors (Lipinski definition) is 4. The number of benzene rings is 2. The predicted octanol–water partition coefficient (Wildman–Crippen LogP) is 1.83. The van der Waals surface area contributed by atoms with Crippen LogP contribution in [-0.4, -0.2) is 70.7 Å². The molecule has 2 aromatic rings. The number of carbonyl (C=O) groups is 4. The van der Waals surface area contributed by atoms with Crippen molar-refractivity contribution >= 4 is 23.6 Å². The lowest BCUT2D eigenvalue weighted by Crippen LogP contribution is -2.56. The molecule has 4 atom stereocenters. The molecule has 4 amide bonds. The van der Waals surface area contributed by atoms with Gasteiger partial charge in [0.05, 0.1) is 0 Å². The second-order valence-corrected chi connectivity index (χ2v) is 10.3. The van der Waals surface area contributed by atoms with Crippen molar-refractivity contribution in [2.75, 3.05) is 13.1 Å². The minimum Gasteiger partial charge on any atom is -0.351 e. The zero-order valence-corrected chi connectivity index (χ0v) is 21.0. The van der Waals surface area contributed by atoms with Crippen LogP contribution in [0.15, 0.2) is 60.7 Å². The number of nitrogens with one attached hydrogen (secondary N) is 2. The van der Waals surface area contributed by atoms with Gasteiger partial charge in [-0.15, -0.1) is 0 Å². The zero-order chi connectivity index (χ0) is 25.8. The lowest BCUT2D eigenvalue weighted by atomic mass is 10.0. The fourth-order valence-electron chi connectivity index (χ4n) is 5.88. The van der Waals surface area contributed by atoms with Gasteiger partial charge in [0, 0.05) is 32.0 Å². The van der Waals surface area contributed by atoms with E-state index in [2.05, 4.69) is 10.6 Å². The van der Waals surface area contributed by atoms with Crippen LogP contribution in [0.2, 0.25) is 0 Å². The Hall–Kier alpha value is -3.68. The van der Waals surface area contributed by atoms with Crippen LogP contribution in [0, 0.1) is 0 Å². The standard InChI is InChI=1S/C29H34N4O4/c34-26-19-22(17-20-9-3-1-4-10-20)30-27(35)24-13-7-15-32(24)29(37)25-14-8-16-33(25)28(36)23(31-26)18-21-11-5-2-6-12-21/h1-6,9-12,22-25H,7-8,13-19H2,(H,30,35)(H,31,34)/t22-,23-,24-,25-/m1/s1. The van der Waals surface area contributed by atoms with Crippen molar-refractivity contribution in [1.29, 1.82) is 0 Å². The normalized spacial score (nSPS) is 26.9. The van der Waals surface area contributed by atoms with Crippen LogP contribution in [0.4, 0.5) is 0 Å². The second kappa shape index (κ2) is 11.2. The highest BCUT2D eigenvalue weighted by Crippen LogP contribution is 2.26. The van der Waals surface area contributed by atoms with Crippen molar-refractivity contribution in [3.63, 3.8) is 0 Å². The lowest BCUT2D eigenvalue weighted by molar-refractivity contribution is -0.147. The summed E-state index contributed by atoms with van der Waals surface area (Å²) < 4.78 is 0. The van der Waals surface area contributed by atoms with E-state index in [4.69, 9.17) is 0 Å². The lowest BCUT2D eigenvalue weighted by Gasteiger charge is -2.32. The molecule has 8 heteroatoms. The summed E-state index contributed by atoms with van der Waals surface area (Å²) in [5, 5.41) is 6.02. The Morgan fingerprint density at radius 1 is 0.676 bits per heavy atom. The molecule has 3 aliphatic rings. The summed E-state index contributed by atoms with van der Waals surface area (Å²) in [5.41, 5.74) is 1.93. The Morgan fingerprint density at radius 3 is 1.89 bits per heavy atom. The van der Waals surface area contributed by atoms with Gasteiger partial charge in [-0.1, -0.05) is 60.7 Å². The molecular weight excluding hydrogens is 468 g/mol. The molecule has 0 aliphatic carbocycles. The van der Waals surface area contributed by atoms with E-state index in [0.717, 1.165) is 24.0 Å². The van der Waals surface area contributed by atoms with Gasteiger partial charge in [0.2, 0.25) is 23.6 Å². The highest BCUT2D eigenvalue weighted by Gasteiger charge is 2.44. The molecule has 3 heterocycles. The molecule has 3 saturated heterocycles. The van der Waals surface area contributed by atoms with Crippen LogP contribution in [0.5, 0.6) is 0 Å². The molecule has 8 nitrogen and oxygen atoms in total. The van der Waals surface area contributed by atoms with Gasteiger partial charge in [-0.2, -0.15) is 0 Å². The number of nitrogens with zero attached hydrogens (tertiary/aromatic N) is 2. The Bertz CT molecular complexity index is 1140. The van der Waals surface area contributed by atoms with Crippen LogP contribution in [0.1, 0.15) is 43.2 Å². The molecule has 0 unspecified atom stereocenters. The smallest absolute Gasteiger partial charge is 0.246 e. The quantitative estimate of drug-likeness (QED) is 0.667. The van der Waals surface area contributed by atoms with E-state index in [0.29, 0.717) is 38.8 Å². The SMILES string of the molecule is O=C1C[C@@H](Cc2ccccc2)NC(=O)[C@H]2CCCN2C(=O)[C@H]2CCCN2C(=O)[C@@H](Cc2ccccc2)N1. The van der Waals surface area contributed by atoms with Gasteiger partial charge in [0.25, 0.3) is 0 Å². The van der Waals surface area contributed by atoms with Crippen LogP contribution in [-0.2, 0) is 32.0 Å². The summed E-state index contributed by atoms with van der Waals surface area (Å²) in [6.07, 6.45) is 3.47. The third kappa shape index (κ3) is 5.68. The fraction of sp³-hybridized carbons (Fsp3) is 0.448. The second-order valence-electron chi connectivity index (χ2n) is 10.3. The zero-order valence-electron chi connectivity index (χ0n) is 21.0. The highest BCUT2D eigenvalue weighted by molar-refractivity contribution is 5.95. The number of rotatable bonds is 4. The van der Waals surface area contributed by atoms with Crippen LogP contribution in [0.3, 0.4) is 0 Å². The summed E-state index contributed by atoms with van der Waals surface area (Å²) in [7, 11) is 0. The topological polar surface area (TPSA) is 98.8 Å². The summed E-state index contributed by atoms with van der Waals surface area (Å²) >= 11 is 0.